The Bertz CT molecular complexity index is 330. The quantitative estimate of drug-likeness (QED) is 0.621. The van der Waals surface area contributed by atoms with Gasteiger partial charge in [-0.25, -0.2) is 0 Å². The fourth-order valence-corrected chi connectivity index (χ4v) is 2.83. The summed E-state index contributed by atoms with van der Waals surface area (Å²) in [7, 11) is 0. The summed E-state index contributed by atoms with van der Waals surface area (Å²) in [5.41, 5.74) is 6.42. The normalized spacial score (nSPS) is 10.8. The highest BCUT2D eigenvalue weighted by Gasteiger charge is 2.07. The molecule has 0 bridgehead atoms. The summed E-state index contributed by atoms with van der Waals surface area (Å²) in [6, 6.07) is 3.70. The minimum Gasteiger partial charge on any atom is -0.491 e. The summed E-state index contributed by atoms with van der Waals surface area (Å²) in [6.45, 7) is 5.17. The van der Waals surface area contributed by atoms with Crippen molar-refractivity contribution in [3.8, 4) is 5.75 Å². The van der Waals surface area contributed by atoms with Gasteiger partial charge in [-0.15, -0.1) is 0 Å². The maximum absolute atomic E-state index is 5.72. The van der Waals surface area contributed by atoms with Crippen LogP contribution in [0.5, 0.6) is 5.75 Å². The third kappa shape index (κ3) is 4.34. The molecule has 0 aliphatic carbocycles. The molecule has 0 spiro atoms. The number of hydrogen-bond acceptors (Lipinski definition) is 2. The van der Waals surface area contributed by atoms with Crippen molar-refractivity contribution in [1.82, 2.24) is 0 Å². The maximum atomic E-state index is 5.72. The van der Waals surface area contributed by atoms with E-state index in [-0.39, 0.29) is 0 Å². The number of hydrogen-bond donors (Lipinski definition) is 1. The first-order chi connectivity index (χ1) is 7.50. The lowest BCUT2D eigenvalue weighted by atomic mass is 10.1. The molecule has 16 heavy (non-hydrogen) atoms. The van der Waals surface area contributed by atoms with Crippen molar-refractivity contribution >= 4 is 37.5 Å². The van der Waals surface area contributed by atoms with E-state index in [1.54, 1.807) is 0 Å². The van der Waals surface area contributed by atoms with E-state index in [4.69, 9.17) is 10.5 Å². The second kappa shape index (κ2) is 6.50. The molecule has 0 fully saturated rings. The Kier molecular flexibility index (Phi) is 5.62. The summed E-state index contributed by atoms with van der Waals surface area (Å²) in [4.78, 5) is 0. The van der Waals surface area contributed by atoms with Crippen LogP contribution >= 0.6 is 31.9 Å². The molecular weight excluding hydrogens is 334 g/mol. The van der Waals surface area contributed by atoms with Gasteiger partial charge in [0.05, 0.1) is 15.6 Å². The van der Waals surface area contributed by atoms with Gasteiger partial charge >= 0.3 is 0 Å². The topological polar surface area (TPSA) is 35.2 Å². The second-order valence-corrected chi connectivity index (χ2v) is 5.91. The summed E-state index contributed by atoms with van der Waals surface area (Å²) in [6.07, 6.45) is 2.26. The van der Waals surface area contributed by atoms with E-state index in [0.29, 0.717) is 5.69 Å². The van der Waals surface area contributed by atoms with E-state index in [0.717, 1.165) is 33.6 Å². The van der Waals surface area contributed by atoms with Crippen molar-refractivity contribution in [1.29, 1.82) is 0 Å². The van der Waals surface area contributed by atoms with E-state index >= 15 is 0 Å². The largest absolute Gasteiger partial charge is 0.491 e. The molecular formula is C12H17Br2NO. The number of anilines is 1. The third-order valence-corrected chi connectivity index (χ3v) is 3.37. The monoisotopic (exact) mass is 349 g/mol. The molecule has 0 aliphatic rings. The van der Waals surface area contributed by atoms with E-state index in [1.807, 2.05) is 12.1 Å². The molecule has 4 heteroatoms. The molecule has 0 radical (unpaired) electrons. The molecule has 2 nitrogen and oxygen atoms in total. The van der Waals surface area contributed by atoms with Gasteiger partial charge in [0.2, 0.25) is 0 Å². The Morgan fingerprint density at radius 2 is 1.81 bits per heavy atom. The minimum absolute atomic E-state index is 0.716. The van der Waals surface area contributed by atoms with Gasteiger partial charge in [-0.2, -0.15) is 0 Å². The standard InChI is InChI=1S/C12H17Br2NO/c1-8(2)4-3-5-16-12-10(13)6-9(15)7-11(12)14/h6-8H,3-5,15H2,1-2H3. The van der Waals surface area contributed by atoms with Crippen LogP contribution < -0.4 is 10.5 Å². The van der Waals surface area contributed by atoms with Crippen molar-refractivity contribution in [2.24, 2.45) is 5.92 Å². The van der Waals surface area contributed by atoms with Gasteiger partial charge in [0, 0.05) is 5.69 Å². The zero-order chi connectivity index (χ0) is 12.1. The van der Waals surface area contributed by atoms with Crippen molar-refractivity contribution in [3.05, 3.63) is 21.1 Å². The fraction of sp³-hybridized carbons (Fsp3) is 0.500. The Labute approximate surface area is 114 Å². The molecule has 1 aromatic carbocycles. The first-order valence-corrected chi connectivity index (χ1v) is 6.96. The summed E-state index contributed by atoms with van der Waals surface area (Å²) in [5, 5.41) is 0. The van der Waals surface area contributed by atoms with Gasteiger partial charge in [0.15, 0.2) is 0 Å². The Balaban J connectivity index is 2.54. The Hall–Kier alpha value is -0.220. The van der Waals surface area contributed by atoms with Crippen LogP contribution in [0.25, 0.3) is 0 Å². The van der Waals surface area contributed by atoms with Crippen LogP contribution in [0.2, 0.25) is 0 Å². The zero-order valence-corrected chi connectivity index (χ0v) is 12.8. The van der Waals surface area contributed by atoms with Gasteiger partial charge in [-0.05, 0) is 62.8 Å². The Morgan fingerprint density at radius 3 is 2.31 bits per heavy atom. The van der Waals surface area contributed by atoms with E-state index in [1.165, 1.54) is 6.42 Å². The average Bonchev–Trinajstić information content (AvgIpc) is 2.14. The minimum atomic E-state index is 0.716. The van der Waals surface area contributed by atoms with Crippen LogP contribution in [0.3, 0.4) is 0 Å². The van der Waals surface area contributed by atoms with E-state index in [2.05, 4.69) is 45.7 Å². The van der Waals surface area contributed by atoms with Crippen molar-refractivity contribution in [2.75, 3.05) is 12.3 Å². The molecule has 2 N–H and O–H groups in total. The summed E-state index contributed by atoms with van der Waals surface area (Å²) in [5.74, 6) is 1.56. The highest BCUT2D eigenvalue weighted by atomic mass is 79.9. The molecule has 0 saturated carbocycles. The van der Waals surface area contributed by atoms with Crippen molar-refractivity contribution in [2.45, 2.75) is 26.7 Å². The van der Waals surface area contributed by atoms with Crippen LogP contribution in [-0.4, -0.2) is 6.61 Å². The number of benzene rings is 1. The SMILES string of the molecule is CC(C)CCCOc1c(Br)cc(N)cc1Br. The van der Waals surface area contributed by atoms with Gasteiger partial charge in [0.1, 0.15) is 5.75 Å². The van der Waals surface area contributed by atoms with Gasteiger partial charge in [-0.1, -0.05) is 13.8 Å². The lowest BCUT2D eigenvalue weighted by Gasteiger charge is -2.11. The molecule has 0 aliphatic heterocycles. The molecule has 90 valence electrons. The third-order valence-electron chi connectivity index (χ3n) is 2.19. The lowest BCUT2D eigenvalue weighted by molar-refractivity contribution is 0.294. The highest BCUT2D eigenvalue weighted by molar-refractivity contribution is 9.11. The highest BCUT2D eigenvalue weighted by Crippen LogP contribution is 2.35. The van der Waals surface area contributed by atoms with Crippen LogP contribution in [-0.2, 0) is 0 Å². The van der Waals surface area contributed by atoms with Crippen LogP contribution in [0.4, 0.5) is 5.69 Å². The number of rotatable bonds is 5. The maximum Gasteiger partial charge on any atom is 0.147 e. The smallest absolute Gasteiger partial charge is 0.147 e. The second-order valence-electron chi connectivity index (χ2n) is 4.20. The predicted molar refractivity (Wildman–Crippen MR) is 75.8 cm³/mol. The van der Waals surface area contributed by atoms with E-state index in [9.17, 15) is 0 Å². The van der Waals surface area contributed by atoms with Crippen LogP contribution in [0.15, 0.2) is 21.1 Å². The molecule has 1 aromatic rings. The zero-order valence-electron chi connectivity index (χ0n) is 9.59. The first-order valence-electron chi connectivity index (χ1n) is 5.38. The van der Waals surface area contributed by atoms with Crippen molar-refractivity contribution in [3.63, 3.8) is 0 Å². The van der Waals surface area contributed by atoms with Gasteiger partial charge in [0.25, 0.3) is 0 Å². The van der Waals surface area contributed by atoms with Crippen LogP contribution in [0.1, 0.15) is 26.7 Å². The number of nitrogens with two attached hydrogens (primary N) is 1. The Morgan fingerprint density at radius 1 is 1.25 bits per heavy atom. The molecule has 0 heterocycles. The average molecular weight is 351 g/mol. The number of halogens is 2. The first kappa shape index (κ1) is 13.8. The van der Waals surface area contributed by atoms with E-state index < -0.39 is 0 Å². The lowest BCUT2D eigenvalue weighted by Crippen LogP contribution is -2.01. The van der Waals surface area contributed by atoms with Gasteiger partial charge < -0.3 is 10.5 Å². The summed E-state index contributed by atoms with van der Waals surface area (Å²) < 4.78 is 7.51. The molecule has 0 amide bonds. The molecule has 1 rings (SSSR count). The molecule has 0 saturated heterocycles. The molecule has 0 aromatic heterocycles. The van der Waals surface area contributed by atoms with Crippen LogP contribution in [0, 0.1) is 5.92 Å². The number of ether oxygens (including phenoxy) is 1. The fourth-order valence-electron chi connectivity index (χ4n) is 1.38. The predicted octanol–water partition coefficient (Wildman–Crippen LogP) is 4.61. The van der Waals surface area contributed by atoms with Crippen molar-refractivity contribution < 1.29 is 4.74 Å². The molecule has 0 atom stereocenters. The number of nitrogen functional groups attached to an aromatic ring is 1. The summed E-state index contributed by atoms with van der Waals surface area (Å²) >= 11 is 6.89. The van der Waals surface area contributed by atoms with Gasteiger partial charge in [-0.3, -0.25) is 0 Å². The molecule has 0 unspecified atom stereocenters.